The van der Waals surface area contributed by atoms with Gasteiger partial charge in [-0.15, -0.1) is 0 Å². The van der Waals surface area contributed by atoms with Crippen LogP contribution in [-0.2, 0) is 6.61 Å². The second-order valence-corrected chi connectivity index (χ2v) is 7.19. The summed E-state index contributed by atoms with van der Waals surface area (Å²) in [6.07, 6.45) is 0. The number of benzene rings is 3. The first-order chi connectivity index (χ1) is 14.0. The van der Waals surface area contributed by atoms with Crippen molar-refractivity contribution in [3.63, 3.8) is 0 Å². The summed E-state index contributed by atoms with van der Waals surface area (Å²) in [5.41, 5.74) is 4.35. The van der Waals surface area contributed by atoms with E-state index in [2.05, 4.69) is 5.32 Å². The number of carbonyl (C=O) groups is 1. The zero-order chi connectivity index (χ0) is 20.8. The summed E-state index contributed by atoms with van der Waals surface area (Å²) in [6, 6.07) is 18.8. The lowest BCUT2D eigenvalue weighted by atomic mass is 10.1. The van der Waals surface area contributed by atoms with Crippen molar-refractivity contribution in [2.45, 2.75) is 27.4 Å². The number of hydrogen-bond donors (Lipinski definition) is 1. The van der Waals surface area contributed by atoms with Crippen LogP contribution in [0.15, 0.2) is 60.7 Å². The first-order valence-electron chi connectivity index (χ1n) is 9.49. The van der Waals surface area contributed by atoms with Crippen LogP contribution in [0.25, 0.3) is 0 Å². The van der Waals surface area contributed by atoms with E-state index in [9.17, 15) is 4.79 Å². The van der Waals surface area contributed by atoms with Crippen LogP contribution in [0.2, 0.25) is 5.02 Å². The van der Waals surface area contributed by atoms with Gasteiger partial charge in [-0.1, -0.05) is 47.5 Å². The molecule has 0 heterocycles. The Kier molecular flexibility index (Phi) is 6.78. The van der Waals surface area contributed by atoms with Gasteiger partial charge in [-0.05, 0) is 62.2 Å². The Labute approximate surface area is 176 Å². The fraction of sp³-hybridized carbons (Fsp3) is 0.208. The molecule has 3 rings (SSSR count). The second kappa shape index (κ2) is 9.48. The molecule has 0 unspecified atom stereocenters. The number of rotatable bonds is 7. The molecule has 0 atom stereocenters. The Morgan fingerprint density at radius 2 is 1.69 bits per heavy atom. The minimum Gasteiger partial charge on any atom is -0.490 e. The van der Waals surface area contributed by atoms with Crippen molar-refractivity contribution in [2.75, 3.05) is 11.9 Å². The highest BCUT2D eigenvalue weighted by atomic mass is 35.5. The standard InChI is InChI=1S/C24H24ClNO3/c1-4-28-23-13-19(24(27)26-20-11-7-17(3)21(25)14-20)10-12-22(23)29-15-18-8-5-16(2)6-9-18/h5-14H,4,15H2,1-3H3,(H,26,27). The first kappa shape index (κ1) is 20.7. The normalized spacial score (nSPS) is 10.5. The van der Waals surface area contributed by atoms with Crippen molar-refractivity contribution in [3.05, 3.63) is 87.9 Å². The maximum Gasteiger partial charge on any atom is 0.255 e. The third-order valence-corrected chi connectivity index (χ3v) is 4.86. The number of halogens is 1. The second-order valence-electron chi connectivity index (χ2n) is 6.79. The third kappa shape index (κ3) is 5.52. The largest absolute Gasteiger partial charge is 0.490 e. The highest BCUT2D eigenvalue weighted by Gasteiger charge is 2.13. The Morgan fingerprint density at radius 3 is 2.38 bits per heavy atom. The van der Waals surface area contributed by atoms with Crippen LogP contribution in [0.1, 0.15) is 34.0 Å². The molecule has 0 aliphatic heterocycles. The van der Waals surface area contributed by atoms with Gasteiger partial charge in [0.05, 0.1) is 6.61 Å². The van der Waals surface area contributed by atoms with E-state index >= 15 is 0 Å². The summed E-state index contributed by atoms with van der Waals surface area (Å²) < 4.78 is 11.6. The summed E-state index contributed by atoms with van der Waals surface area (Å²) in [5.74, 6) is 0.896. The monoisotopic (exact) mass is 409 g/mol. The fourth-order valence-electron chi connectivity index (χ4n) is 2.76. The van der Waals surface area contributed by atoms with Gasteiger partial charge in [0.1, 0.15) is 6.61 Å². The number of carbonyl (C=O) groups excluding carboxylic acids is 1. The number of ether oxygens (including phenoxy) is 2. The highest BCUT2D eigenvalue weighted by molar-refractivity contribution is 6.31. The maximum atomic E-state index is 12.6. The average Bonchev–Trinajstić information content (AvgIpc) is 2.71. The minimum absolute atomic E-state index is 0.240. The van der Waals surface area contributed by atoms with Gasteiger partial charge in [-0.2, -0.15) is 0 Å². The molecule has 1 N–H and O–H groups in total. The molecule has 1 amide bonds. The lowest BCUT2D eigenvalue weighted by molar-refractivity contribution is 0.102. The molecule has 0 aromatic heterocycles. The van der Waals surface area contributed by atoms with Crippen molar-refractivity contribution in [1.29, 1.82) is 0 Å². The number of hydrogen-bond acceptors (Lipinski definition) is 3. The fourth-order valence-corrected chi connectivity index (χ4v) is 2.94. The van der Waals surface area contributed by atoms with E-state index in [0.29, 0.717) is 41.0 Å². The van der Waals surface area contributed by atoms with Gasteiger partial charge in [0, 0.05) is 16.3 Å². The zero-order valence-electron chi connectivity index (χ0n) is 16.8. The number of aryl methyl sites for hydroxylation is 2. The molecule has 0 spiro atoms. The third-order valence-electron chi connectivity index (χ3n) is 4.45. The van der Waals surface area contributed by atoms with E-state index in [1.165, 1.54) is 5.56 Å². The molecule has 4 nitrogen and oxygen atoms in total. The van der Waals surface area contributed by atoms with E-state index in [-0.39, 0.29) is 5.91 Å². The van der Waals surface area contributed by atoms with Crippen LogP contribution in [0.5, 0.6) is 11.5 Å². The molecule has 0 saturated heterocycles. The molecule has 5 heteroatoms. The molecule has 0 bridgehead atoms. The molecule has 0 aliphatic carbocycles. The molecule has 0 aliphatic rings. The molecule has 0 radical (unpaired) electrons. The smallest absolute Gasteiger partial charge is 0.255 e. The van der Waals surface area contributed by atoms with Crippen molar-refractivity contribution in [1.82, 2.24) is 0 Å². The topological polar surface area (TPSA) is 47.6 Å². The van der Waals surface area contributed by atoms with Gasteiger partial charge in [-0.25, -0.2) is 0 Å². The molecule has 29 heavy (non-hydrogen) atoms. The summed E-state index contributed by atoms with van der Waals surface area (Å²) in [4.78, 5) is 12.6. The van der Waals surface area contributed by atoms with Gasteiger partial charge < -0.3 is 14.8 Å². The average molecular weight is 410 g/mol. The van der Waals surface area contributed by atoms with E-state index in [0.717, 1.165) is 11.1 Å². The predicted molar refractivity (Wildman–Crippen MR) is 117 cm³/mol. The van der Waals surface area contributed by atoms with Crippen LogP contribution in [0, 0.1) is 13.8 Å². The van der Waals surface area contributed by atoms with Gasteiger partial charge in [0.25, 0.3) is 5.91 Å². The number of anilines is 1. The Morgan fingerprint density at radius 1 is 0.931 bits per heavy atom. The summed E-state index contributed by atoms with van der Waals surface area (Å²) in [5, 5.41) is 3.47. The summed E-state index contributed by atoms with van der Waals surface area (Å²) in [6.45, 7) is 6.75. The van der Waals surface area contributed by atoms with Crippen molar-refractivity contribution in [3.8, 4) is 11.5 Å². The van der Waals surface area contributed by atoms with Gasteiger partial charge in [0.2, 0.25) is 0 Å². The van der Waals surface area contributed by atoms with E-state index in [1.807, 2.05) is 57.2 Å². The van der Waals surface area contributed by atoms with E-state index in [4.69, 9.17) is 21.1 Å². The SMILES string of the molecule is CCOc1cc(C(=O)Nc2ccc(C)c(Cl)c2)ccc1OCc1ccc(C)cc1. The lowest BCUT2D eigenvalue weighted by Gasteiger charge is -2.14. The Bertz CT molecular complexity index is 1000. The minimum atomic E-state index is -0.240. The highest BCUT2D eigenvalue weighted by Crippen LogP contribution is 2.30. The zero-order valence-corrected chi connectivity index (χ0v) is 17.5. The van der Waals surface area contributed by atoms with Crippen LogP contribution in [0.3, 0.4) is 0 Å². The van der Waals surface area contributed by atoms with E-state index < -0.39 is 0 Å². The number of nitrogens with one attached hydrogen (secondary N) is 1. The summed E-state index contributed by atoms with van der Waals surface area (Å²) >= 11 is 6.14. The quantitative estimate of drug-likeness (QED) is 0.506. The number of amides is 1. The first-order valence-corrected chi connectivity index (χ1v) is 9.86. The Hall–Kier alpha value is -2.98. The molecular formula is C24H24ClNO3. The predicted octanol–water partition coefficient (Wildman–Crippen LogP) is 6.19. The van der Waals surface area contributed by atoms with Crippen LogP contribution < -0.4 is 14.8 Å². The van der Waals surface area contributed by atoms with E-state index in [1.54, 1.807) is 24.3 Å². The van der Waals surface area contributed by atoms with Gasteiger partial charge in [-0.3, -0.25) is 4.79 Å². The molecular weight excluding hydrogens is 386 g/mol. The molecule has 3 aromatic rings. The van der Waals surface area contributed by atoms with Gasteiger partial charge >= 0.3 is 0 Å². The lowest BCUT2D eigenvalue weighted by Crippen LogP contribution is -2.12. The molecule has 0 fully saturated rings. The molecule has 150 valence electrons. The Balaban J connectivity index is 1.74. The van der Waals surface area contributed by atoms with Crippen LogP contribution in [-0.4, -0.2) is 12.5 Å². The summed E-state index contributed by atoms with van der Waals surface area (Å²) in [7, 11) is 0. The van der Waals surface area contributed by atoms with Crippen molar-refractivity contribution >= 4 is 23.2 Å². The van der Waals surface area contributed by atoms with Crippen molar-refractivity contribution < 1.29 is 14.3 Å². The van der Waals surface area contributed by atoms with Crippen LogP contribution >= 0.6 is 11.6 Å². The van der Waals surface area contributed by atoms with Crippen LogP contribution in [0.4, 0.5) is 5.69 Å². The molecule has 3 aromatic carbocycles. The van der Waals surface area contributed by atoms with Gasteiger partial charge in [0.15, 0.2) is 11.5 Å². The molecule has 0 saturated carbocycles. The maximum absolute atomic E-state index is 12.6. The van der Waals surface area contributed by atoms with Crippen molar-refractivity contribution in [2.24, 2.45) is 0 Å².